The molecule has 7 heteroatoms. The monoisotopic (exact) mass is 456 g/mol. The van der Waals surface area contributed by atoms with Crippen molar-refractivity contribution in [2.45, 2.75) is 18.9 Å². The van der Waals surface area contributed by atoms with E-state index in [-0.39, 0.29) is 30.4 Å². The van der Waals surface area contributed by atoms with Gasteiger partial charge in [0.25, 0.3) is 11.8 Å². The van der Waals surface area contributed by atoms with Crippen LogP contribution in [0.25, 0.3) is 0 Å². The van der Waals surface area contributed by atoms with Crippen molar-refractivity contribution in [2.75, 3.05) is 26.2 Å². The zero-order valence-corrected chi connectivity index (χ0v) is 17.4. The first-order chi connectivity index (χ1) is 14.0. The highest BCUT2D eigenvalue weighted by Gasteiger charge is 2.34. The molecule has 0 spiro atoms. The number of hydrogen-bond acceptors (Lipinski definition) is 4. The van der Waals surface area contributed by atoms with Gasteiger partial charge in [0.05, 0.1) is 24.3 Å². The van der Waals surface area contributed by atoms with Gasteiger partial charge in [-0.05, 0) is 36.2 Å². The molecule has 150 valence electrons. The molecule has 3 amide bonds. The van der Waals surface area contributed by atoms with E-state index in [2.05, 4.69) is 15.9 Å². The van der Waals surface area contributed by atoms with E-state index in [0.717, 1.165) is 10.0 Å². The maximum Gasteiger partial charge on any atom is 0.261 e. The van der Waals surface area contributed by atoms with Crippen molar-refractivity contribution in [3.8, 4) is 0 Å². The summed E-state index contributed by atoms with van der Waals surface area (Å²) in [6, 6.07) is 14.7. The summed E-state index contributed by atoms with van der Waals surface area (Å²) in [5.74, 6) is -0.536. The van der Waals surface area contributed by atoms with E-state index in [1.165, 1.54) is 4.90 Å². The Labute approximate surface area is 177 Å². The summed E-state index contributed by atoms with van der Waals surface area (Å²) in [6.45, 7) is 1.80. The molecule has 0 aliphatic carbocycles. The fraction of sp³-hybridized carbons (Fsp3) is 0.318. The first kappa shape index (κ1) is 19.8. The summed E-state index contributed by atoms with van der Waals surface area (Å²) in [5.41, 5.74) is 1.92. The van der Waals surface area contributed by atoms with E-state index in [0.29, 0.717) is 43.7 Å². The number of carbonyl (C=O) groups is 3. The van der Waals surface area contributed by atoms with Crippen LogP contribution >= 0.6 is 15.9 Å². The smallest absolute Gasteiger partial charge is 0.261 e. The SMILES string of the molecule is O=C(CCCN1C(=O)c2ccccc2C1=O)N1CCOC(c2ccc(Br)cc2)C1. The van der Waals surface area contributed by atoms with E-state index < -0.39 is 0 Å². The Hall–Kier alpha value is -2.51. The topological polar surface area (TPSA) is 66.9 Å². The largest absolute Gasteiger partial charge is 0.370 e. The minimum atomic E-state index is -0.278. The fourth-order valence-corrected chi connectivity index (χ4v) is 4.01. The second-order valence-corrected chi connectivity index (χ2v) is 8.08. The van der Waals surface area contributed by atoms with Gasteiger partial charge in [-0.3, -0.25) is 19.3 Å². The van der Waals surface area contributed by atoms with Gasteiger partial charge < -0.3 is 9.64 Å². The van der Waals surface area contributed by atoms with Crippen LogP contribution in [0.3, 0.4) is 0 Å². The van der Waals surface area contributed by atoms with Gasteiger partial charge in [-0.15, -0.1) is 0 Å². The predicted octanol–water partition coefficient (Wildman–Crippen LogP) is 3.43. The molecular weight excluding hydrogens is 436 g/mol. The maximum absolute atomic E-state index is 12.7. The first-order valence-corrected chi connectivity index (χ1v) is 10.4. The van der Waals surface area contributed by atoms with Crippen LogP contribution in [0.4, 0.5) is 0 Å². The Kier molecular flexibility index (Phi) is 5.78. The summed E-state index contributed by atoms with van der Waals surface area (Å²) >= 11 is 3.42. The highest BCUT2D eigenvalue weighted by atomic mass is 79.9. The van der Waals surface area contributed by atoms with Gasteiger partial charge in [-0.1, -0.05) is 40.2 Å². The van der Waals surface area contributed by atoms with Gasteiger partial charge >= 0.3 is 0 Å². The van der Waals surface area contributed by atoms with Crippen LogP contribution in [-0.2, 0) is 9.53 Å². The summed E-state index contributed by atoms with van der Waals surface area (Å²) in [5, 5.41) is 0. The molecule has 1 fully saturated rings. The van der Waals surface area contributed by atoms with Crippen molar-refractivity contribution in [2.24, 2.45) is 0 Å². The van der Waals surface area contributed by atoms with Crippen LogP contribution in [-0.4, -0.2) is 53.8 Å². The summed E-state index contributed by atoms with van der Waals surface area (Å²) in [6.07, 6.45) is 0.600. The number of benzene rings is 2. The number of amides is 3. The third-order valence-corrected chi connectivity index (χ3v) is 5.84. The predicted molar refractivity (Wildman–Crippen MR) is 110 cm³/mol. The Morgan fingerprint density at radius 1 is 1.03 bits per heavy atom. The normalized spacial score (nSPS) is 18.9. The second kappa shape index (κ2) is 8.47. The van der Waals surface area contributed by atoms with E-state index in [1.807, 2.05) is 24.3 Å². The molecule has 0 aromatic heterocycles. The summed E-state index contributed by atoms with van der Waals surface area (Å²) < 4.78 is 6.83. The number of halogens is 1. The molecule has 2 aliphatic heterocycles. The van der Waals surface area contributed by atoms with Gasteiger partial charge in [0, 0.05) is 24.0 Å². The van der Waals surface area contributed by atoms with E-state index in [1.54, 1.807) is 29.2 Å². The zero-order chi connectivity index (χ0) is 20.4. The molecule has 0 radical (unpaired) electrons. The van der Waals surface area contributed by atoms with Gasteiger partial charge in [0.1, 0.15) is 6.10 Å². The molecular formula is C22H21BrN2O4. The van der Waals surface area contributed by atoms with E-state index >= 15 is 0 Å². The average molecular weight is 457 g/mol. The lowest BCUT2D eigenvalue weighted by Gasteiger charge is -2.33. The molecule has 2 aromatic rings. The Morgan fingerprint density at radius 3 is 2.34 bits per heavy atom. The first-order valence-electron chi connectivity index (χ1n) is 9.64. The van der Waals surface area contributed by atoms with Crippen LogP contribution in [0.1, 0.15) is 45.2 Å². The quantitative estimate of drug-likeness (QED) is 0.646. The number of carbonyl (C=O) groups excluding carboxylic acids is 3. The standard InChI is InChI=1S/C22H21BrN2O4/c23-16-9-7-15(8-10-16)19-14-24(12-13-29-19)20(26)6-3-11-25-21(27)17-4-1-2-5-18(17)22(25)28/h1-2,4-5,7-10,19H,3,6,11-14H2. The molecule has 0 N–H and O–H groups in total. The second-order valence-electron chi connectivity index (χ2n) is 7.16. The molecule has 0 bridgehead atoms. The fourth-order valence-electron chi connectivity index (χ4n) is 3.74. The lowest BCUT2D eigenvalue weighted by atomic mass is 10.1. The van der Waals surface area contributed by atoms with Crippen LogP contribution in [0.15, 0.2) is 53.0 Å². The molecule has 29 heavy (non-hydrogen) atoms. The highest BCUT2D eigenvalue weighted by Crippen LogP contribution is 2.25. The molecule has 2 aromatic carbocycles. The van der Waals surface area contributed by atoms with Gasteiger partial charge in [0.2, 0.25) is 5.91 Å². The lowest BCUT2D eigenvalue weighted by molar-refractivity contribution is -0.139. The number of nitrogens with zero attached hydrogens (tertiary/aromatic N) is 2. The average Bonchev–Trinajstić information content (AvgIpc) is 2.99. The molecule has 4 rings (SSSR count). The van der Waals surface area contributed by atoms with Crippen LogP contribution in [0, 0.1) is 0 Å². The number of morpholine rings is 1. The van der Waals surface area contributed by atoms with Crippen molar-refractivity contribution >= 4 is 33.7 Å². The minimum Gasteiger partial charge on any atom is -0.370 e. The Bertz CT molecular complexity index is 909. The number of rotatable bonds is 5. The minimum absolute atomic E-state index is 0.0204. The van der Waals surface area contributed by atoms with Gasteiger partial charge in [-0.2, -0.15) is 0 Å². The third-order valence-electron chi connectivity index (χ3n) is 5.31. The van der Waals surface area contributed by atoms with Crippen molar-refractivity contribution in [1.82, 2.24) is 9.80 Å². The molecule has 2 aliphatic rings. The van der Waals surface area contributed by atoms with Crippen LogP contribution in [0.5, 0.6) is 0 Å². The number of hydrogen-bond donors (Lipinski definition) is 0. The van der Waals surface area contributed by atoms with E-state index in [4.69, 9.17) is 4.74 Å². The summed E-state index contributed by atoms with van der Waals surface area (Å²) in [4.78, 5) is 40.5. The van der Waals surface area contributed by atoms with Crippen molar-refractivity contribution in [1.29, 1.82) is 0 Å². The van der Waals surface area contributed by atoms with Crippen LogP contribution in [0.2, 0.25) is 0 Å². The van der Waals surface area contributed by atoms with E-state index in [9.17, 15) is 14.4 Å². The highest BCUT2D eigenvalue weighted by molar-refractivity contribution is 9.10. The lowest BCUT2D eigenvalue weighted by Crippen LogP contribution is -2.42. The number of fused-ring (bicyclic) bond motifs is 1. The summed E-state index contributed by atoms with van der Waals surface area (Å²) in [7, 11) is 0. The molecule has 1 saturated heterocycles. The van der Waals surface area contributed by atoms with Crippen molar-refractivity contribution < 1.29 is 19.1 Å². The van der Waals surface area contributed by atoms with Gasteiger partial charge in [0.15, 0.2) is 0 Å². The third kappa shape index (κ3) is 4.11. The molecule has 2 heterocycles. The number of imide groups is 1. The maximum atomic E-state index is 12.7. The Morgan fingerprint density at radius 2 is 1.69 bits per heavy atom. The van der Waals surface area contributed by atoms with Gasteiger partial charge in [-0.25, -0.2) is 0 Å². The van der Waals surface area contributed by atoms with Crippen molar-refractivity contribution in [3.05, 3.63) is 69.7 Å². The molecule has 1 atom stereocenters. The molecule has 6 nitrogen and oxygen atoms in total. The van der Waals surface area contributed by atoms with Crippen molar-refractivity contribution in [3.63, 3.8) is 0 Å². The molecule has 0 saturated carbocycles. The number of ether oxygens (including phenoxy) is 1. The zero-order valence-electron chi connectivity index (χ0n) is 15.8. The molecule has 1 unspecified atom stereocenters. The van der Waals surface area contributed by atoms with Crippen LogP contribution < -0.4 is 0 Å². The Balaban J connectivity index is 1.30.